The Bertz CT molecular complexity index is 593. The summed E-state index contributed by atoms with van der Waals surface area (Å²) in [5, 5.41) is 4.13. The van der Waals surface area contributed by atoms with Gasteiger partial charge in [0.1, 0.15) is 18.2 Å². The molecule has 20 heavy (non-hydrogen) atoms. The lowest BCUT2D eigenvalue weighted by atomic mass is 10.2. The van der Waals surface area contributed by atoms with Gasteiger partial charge in [-0.15, -0.1) is 5.10 Å². The van der Waals surface area contributed by atoms with Crippen LogP contribution in [0.25, 0.3) is 11.4 Å². The van der Waals surface area contributed by atoms with Crippen LogP contribution in [0.3, 0.4) is 0 Å². The van der Waals surface area contributed by atoms with Crippen LogP contribution >= 0.6 is 0 Å². The van der Waals surface area contributed by atoms with Gasteiger partial charge in [-0.2, -0.15) is 4.98 Å². The highest BCUT2D eigenvalue weighted by molar-refractivity contribution is 5.55. The molecule has 0 radical (unpaired) electrons. The van der Waals surface area contributed by atoms with E-state index in [1.807, 2.05) is 6.92 Å². The summed E-state index contributed by atoms with van der Waals surface area (Å²) in [6.07, 6.45) is 0. The van der Waals surface area contributed by atoms with Crippen molar-refractivity contribution in [3.63, 3.8) is 0 Å². The van der Waals surface area contributed by atoms with Gasteiger partial charge < -0.3 is 9.47 Å². The van der Waals surface area contributed by atoms with Crippen molar-refractivity contribution >= 4 is 0 Å². The summed E-state index contributed by atoms with van der Waals surface area (Å²) in [5.41, 5.74) is 0.764. The van der Waals surface area contributed by atoms with E-state index >= 15 is 0 Å². The SMILES string of the molecule is C=C(COc1nc(-c2ccc(F)cc2)n(C)n1)OCC. The molecule has 0 amide bonds. The van der Waals surface area contributed by atoms with Gasteiger partial charge in [0, 0.05) is 12.6 Å². The van der Waals surface area contributed by atoms with Crippen LogP contribution in [-0.2, 0) is 11.8 Å². The van der Waals surface area contributed by atoms with Crippen LogP contribution in [0, 0.1) is 5.82 Å². The molecule has 0 aliphatic carbocycles. The van der Waals surface area contributed by atoms with Crippen molar-refractivity contribution in [1.29, 1.82) is 0 Å². The number of aryl methyl sites for hydroxylation is 1. The number of hydrogen-bond acceptors (Lipinski definition) is 4. The number of rotatable bonds is 6. The molecule has 1 heterocycles. The third-order valence-corrected chi connectivity index (χ3v) is 2.56. The summed E-state index contributed by atoms with van der Waals surface area (Å²) in [7, 11) is 1.75. The maximum absolute atomic E-state index is 12.9. The number of halogens is 1. The number of aromatic nitrogens is 3. The summed E-state index contributed by atoms with van der Waals surface area (Å²) in [6.45, 7) is 6.31. The van der Waals surface area contributed by atoms with Crippen LogP contribution in [0.4, 0.5) is 4.39 Å². The molecular weight excluding hydrogens is 261 g/mol. The van der Waals surface area contributed by atoms with Gasteiger partial charge in [-0.1, -0.05) is 6.58 Å². The first-order valence-electron chi connectivity index (χ1n) is 6.20. The fraction of sp³-hybridized carbons (Fsp3) is 0.286. The largest absolute Gasteiger partial charge is 0.495 e. The minimum Gasteiger partial charge on any atom is -0.495 e. The normalized spacial score (nSPS) is 10.3. The predicted octanol–water partition coefficient (Wildman–Crippen LogP) is 2.55. The molecule has 0 unspecified atom stereocenters. The summed E-state index contributed by atoms with van der Waals surface area (Å²) in [6, 6.07) is 6.26. The van der Waals surface area contributed by atoms with Crippen molar-refractivity contribution < 1.29 is 13.9 Å². The molecule has 0 aliphatic rings. The minimum absolute atomic E-state index is 0.195. The van der Waals surface area contributed by atoms with Gasteiger partial charge >= 0.3 is 6.01 Å². The van der Waals surface area contributed by atoms with Crippen molar-refractivity contribution in [2.45, 2.75) is 6.92 Å². The van der Waals surface area contributed by atoms with Gasteiger partial charge in [0.2, 0.25) is 0 Å². The quantitative estimate of drug-likeness (QED) is 0.761. The summed E-state index contributed by atoms with van der Waals surface area (Å²) in [5.74, 6) is 0.825. The first-order valence-corrected chi connectivity index (χ1v) is 6.20. The number of hydrogen-bond donors (Lipinski definition) is 0. The maximum atomic E-state index is 12.9. The van der Waals surface area contributed by atoms with Crippen molar-refractivity contribution in [2.75, 3.05) is 13.2 Å². The molecule has 0 atom stereocenters. The van der Waals surface area contributed by atoms with E-state index in [0.29, 0.717) is 18.2 Å². The summed E-state index contributed by atoms with van der Waals surface area (Å²) in [4.78, 5) is 4.25. The Kier molecular flexibility index (Phi) is 4.34. The molecule has 0 saturated heterocycles. The first-order chi connectivity index (χ1) is 9.60. The first kappa shape index (κ1) is 14.0. The highest BCUT2D eigenvalue weighted by Crippen LogP contribution is 2.19. The van der Waals surface area contributed by atoms with Crippen LogP contribution in [0.1, 0.15) is 6.92 Å². The molecule has 1 aromatic carbocycles. The highest BCUT2D eigenvalue weighted by Gasteiger charge is 2.11. The smallest absolute Gasteiger partial charge is 0.336 e. The highest BCUT2D eigenvalue weighted by atomic mass is 19.1. The van der Waals surface area contributed by atoms with Crippen molar-refractivity contribution in [3.05, 3.63) is 42.4 Å². The predicted molar refractivity (Wildman–Crippen MR) is 72.7 cm³/mol. The average molecular weight is 277 g/mol. The van der Waals surface area contributed by atoms with E-state index < -0.39 is 0 Å². The topological polar surface area (TPSA) is 49.2 Å². The Hall–Kier alpha value is -2.37. The molecule has 1 aromatic heterocycles. The lowest BCUT2D eigenvalue weighted by Crippen LogP contribution is -2.04. The van der Waals surface area contributed by atoms with Gasteiger partial charge in [-0.3, -0.25) is 0 Å². The molecular formula is C14H16FN3O2. The van der Waals surface area contributed by atoms with E-state index in [4.69, 9.17) is 9.47 Å². The Morgan fingerprint density at radius 1 is 1.35 bits per heavy atom. The van der Waals surface area contributed by atoms with Gasteiger partial charge in [-0.25, -0.2) is 9.07 Å². The van der Waals surface area contributed by atoms with E-state index in [1.54, 1.807) is 23.9 Å². The zero-order valence-electron chi connectivity index (χ0n) is 11.5. The molecule has 0 saturated carbocycles. The van der Waals surface area contributed by atoms with E-state index in [1.165, 1.54) is 12.1 Å². The third-order valence-electron chi connectivity index (χ3n) is 2.56. The monoisotopic (exact) mass is 277 g/mol. The van der Waals surface area contributed by atoms with Crippen LogP contribution in [-0.4, -0.2) is 28.0 Å². The molecule has 0 N–H and O–H groups in total. The second kappa shape index (κ2) is 6.18. The van der Waals surface area contributed by atoms with E-state index in [9.17, 15) is 4.39 Å². The van der Waals surface area contributed by atoms with Gasteiger partial charge in [0.05, 0.1) is 6.61 Å². The number of ether oxygens (including phenoxy) is 2. The second-order valence-electron chi connectivity index (χ2n) is 4.11. The van der Waals surface area contributed by atoms with Crippen molar-refractivity contribution in [2.24, 2.45) is 7.05 Å². The number of benzene rings is 1. The Morgan fingerprint density at radius 3 is 2.70 bits per heavy atom. The molecule has 0 aliphatic heterocycles. The lowest BCUT2D eigenvalue weighted by Gasteiger charge is -2.05. The molecule has 6 heteroatoms. The van der Waals surface area contributed by atoms with Crippen molar-refractivity contribution in [3.8, 4) is 17.4 Å². The zero-order valence-corrected chi connectivity index (χ0v) is 11.5. The van der Waals surface area contributed by atoms with E-state index in [-0.39, 0.29) is 18.4 Å². The molecule has 106 valence electrons. The second-order valence-corrected chi connectivity index (χ2v) is 4.11. The zero-order chi connectivity index (χ0) is 14.5. The fourth-order valence-electron chi connectivity index (χ4n) is 1.66. The maximum Gasteiger partial charge on any atom is 0.336 e. The van der Waals surface area contributed by atoms with Gasteiger partial charge in [0.15, 0.2) is 5.82 Å². The van der Waals surface area contributed by atoms with Crippen LogP contribution in [0.15, 0.2) is 36.6 Å². The lowest BCUT2D eigenvalue weighted by molar-refractivity contribution is 0.176. The van der Waals surface area contributed by atoms with Gasteiger partial charge in [0.25, 0.3) is 0 Å². The molecule has 2 rings (SSSR count). The molecule has 0 bridgehead atoms. The van der Waals surface area contributed by atoms with E-state index in [2.05, 4.69) is 16.7 Å². The van der Waals surface area contributed by atoms with Gasteiger partial charge in [-0.05, 0) is 31.2 Å². The minimum atomic E-state index is -0.291. The van der Waals surface area contributed by atoms with Crippen LogP contribution < -0.4 is 4.74 Å². The fourth-order valence-corrected chi connectivity index (χ4v) is 1.66. The van der Waals surface area contributed by atoms with Crippen LogP contribution in [0.2, 0.25) is 0 Å². The molecule has 2 aromatic rings. The third kappa shape index (κ3) is 3.34. The average Bonchev–Trinajstić information content (AvgIpc) is 2.79. The molecule has 0 fully saturated rings. The summed E-state index contributed by atoms with van der Waals surface area (Å²) < 4.78 is 25.0. The summed E-state index contributed by atoms with van der Waals surface area (Å²) >= 11 is 0. The Balaban J connectivity index is 2.09. The molecule has 5 nitrogen and oxygen atoms in total. The van der Waals surface area contributed by atoms with E-state index in [0.717, 1.165) is 5.56 Å². The van der Waals surface area contributed by atoms with Crippen LogP contribution in [0.5, 0.6) is 6.01 Å². The van der Waals surface area contributed by atoms with Crippen molar-refractivity contribution in [1.82, 2.24) is 14.8 Å². The number of nitrogens with zero attached hydrogens (tertiary/aromatic N) is 3. The Morgan fingerprint density at radius 2 is 2.05 bits per heavy atom. The standard InChI is InChI=1S/C14H16FN3O2/c1-4-19-10(2)9-20-14-16-13(18(3)17-14)11-5-7-12(15)8-6-11/h5-8H,2,4,9H2,1,3H3. The Labute approximate surface area is 116 Å². The molecule has 0 spiro atoms.